The summed E-state index contributed by atoms with van der Waals surface area (Å²) in [6, 6.07) is 9.35. The minimum atomic E-state index is 0.465. The van der Waals surface area contributed by atoms with Gasteiger partial charge in [0.2, 0.25) is 0 Å². The van der Waals surface area contributed by atoms with Crippen molar-refractivity contribution in [1.82, 2.24) is 14.9 Å². The fourth-order valence-corrected chi connectivity index (χ4v) is 2.36. The maximum absolute atomic E-state index is 4.36. The summed E-state index contributed by atoms with van der Waals surface area (Å²) in [4.78, 5) is 4.36. The fourth-order valence-electron chi connectivity index (χ4n) is 2.36. The third-order valence-corrected chi connectivity index (χ3v) is 3.52. The summed E-state index contributed by atoms with van der Waals surface area (Å²) in [7, 11) is 2.04. The Morgan fingerprint density at radius 1 is 1.21 bits per heavy atom. The van der Waals surface area contributed by atoms with Crippen molar-refractivity contribution in [3.8, 4) is 0 Å². The summed E-state index contributed by atoms with van der Waals surface area (Å²) in [6.45, 7) is 5.38. The molecule has 0 saturated carbocycles. The van der Waals surface area contributed by atoms with Gasteiger partial charge in [0.15, 0.2) is 0 Å². The van der Waals surface area contributed by atoms with Gasteiger partial charge in [-0.15, -0.1) is 0 Å². The molecular formula is C16H23N3. The van der Waals surface area contributed by atoms with Crippen LogP contribution in [-0.2, 0) is 13.5 Å². The van der Waals surface area contributed by atoms with E-state index in [-0.39, 0.29) is 0 Å². The van der Waals surface area contributed by atoms with Crippen LogP contribution in [0, 0.1) is 0 Å². The van der Waals surface area contributed by atoms with E-state index in [2.05, 4.69) is 53.0 Å². The summed E-state index contributed by atoms with van der Waals surface area (Å²) in [6.07, 6.45) is 5.85. The minimum Gasteiger partial charge on any atom is -0.338 e. The van der Waals surface area contributed by atoms with E-state index in [0.29, 0.717) is 6.04 Å². The van der Waals surface area contributed by atoms with Gasteiger partial charge >= 0.3 is 0 Å². The van der Waals surface area contributed by atoms with Gasteiger partial charge in [0.1, 0.15) is 5.82 Å². The summed E-state index contributed by atoms with van der Waals surface area (Å²) < 4.78 is 2.07. The van der Waals surface area contributed by atoms with Crippen LogP contribution in [0.5, 0.6) is 0 Å². The van der Waals surface area contributed by atoms with Crippen LogP contribution in [0.15, 0.2) is 36.7 Å². The van der Waals surface area contributed by atoms with Crippen LogP contribution in [0.2, 0.25) is 0 Å². The molecule has 1 atom stereocenters. The van der Waals surface area contributed by atoms with Crippen molar-refractivity contribution >= 4 is 0 Å². The zero-order chi connectivity index (χ0) is 13.7. The Hall–Kier alpha value is -1.61. The van der Waals surface area contributed by atoms with Crippen molar-refractivity contribution in [3.63, 3.8) is 0 Å². The van der Waals surface area contributed by atoms with Gasteiger partial charge < -0.3 is 9.88 Å². The molecule has 0 aliphatic rings. The number of aryl methyl sites for hydroxylation is 1. The van der Waals surface area contributed by atoms with E-state index in [9.17, 15) is 0 Å². The third-order valence-electron chi connectivity index (χ3n) is 3.52. The maximum Gasteiger partial charge on any atom is 0.112 e. The summed E-state index contributed by atoms with van der Waals surface area (Å²) in [5.41, 5.74) is 2.68. The second-order valence-electron chi connectivity index (χ2n) is 4.89. The summed E-state index contributed by atoms with van der Waals surface area (Å²) >= 11 is 0. The number of hydrogen-bond donors (Lipinski definition) is 1. The Bertz CT molecular complexity index is 499. The SMILES string of the molecule is CCNC(CC)c1ccc(Cc2nccn2C)cc1. The van der Waals surface area contributed by atoms with Crippen molar-refractivity contribution in [1.29, 1.82) is 0 Å². The van der Waals surface area contributed by atoms with Crippen LogP contribution in [0.25, 0.3) is 0 Å². The van der Waals surface area contributed by atoms with Gasteiger partial charge in [0.25, 0.3) is 0 Å². The molecule has 0 spiro atoms. The van der Waals surface area contributed by atoms with Gasteiger partial charge in [-0.1, -0.05) is 38.1 Å². The average molecular weight is 257 g/mol. The quantitative estimate of drug-likeness (QED) is 0.862. The normalized spacial score (nSPS) is 12.6. The molecule has 2 rings (SSSR count). The Morgan fingerprint density at radius 2 is 1.95 bits per heavy atom. The molecule has 0 radical (unpaired) electrons. The van der Waals surface area contributed by atoms with Crippen LogP contribution in [0.1, 0.15) is 43.3 Å². The van der Waals surface area contributed by atoms with Crippen molar-refractivity contribution < 1.29 is 0 Å². The largest absolute Gasteiger partial charge is 0.338 e. The van der Waals surface area contributed by atoms with Crippen molar-refractivity contribution in [3.05, 3.63) is 53.6 Å². The second-order valence-corrected chi connectivity index (χ2v) is 4.89. The summed E-state index contributed by atoms with van der Waals surface area (Å²) in [5.74, 6) is 1.10. The Balaban J connectivity index is 2.08. The number of imidazole rings is 1. The van der Waals surface area contributed by atoms with E-state index < -0.39 is 0 Å². The van der Waals surface area contributed by atoms with Gasteiger partial charge in [-0.2, -0.15) is 0 Å². The van der Waals surface area contributed by atoms with Crippen LogP contribution >= 0.6 is 0 Å². The lowest BCUT2D eigenvalue weighted by Gasteiger charge is -2.16. The van der Waals surface area contributed by atoms with E-state index in [1.807, 2.05) is 19.4 Å². The Labute approximate surface area is 115 Å². The fraction of sp³-hybridized carbons (Fsp3) is 0.438. The molecule has 1 aromatic heterocycles. The molecule has 102 valence electrons. The van der Waals surface area contributed by atoms with Crippen LogP contribution < -0.4 is 5.32 Å². The summed E-state index contributed by atoms with van der Waals surface area (Å²) in [5, 5.41) is 3.51. The van der Waals surface area contributed by atoms with E-state index in [0.717, 1.165) is 25.2 Å². The number of nitrogens with one attached hydrogen (secondary N) is 1. The molecule has 0 amide bonds. The molecule has 2 aromatic rings. The zero-order valence-corrected chi connectivity index (χ0v) is 12.1. The molecule has 3 heteroatoms. The smallest absolute Gasteiger partial charge is 0.112 e. The molecule has 3 nitrogen and oxygen atoms in total. The number of aromatic nitrogens is 2. The third kappa shape index (κ3) is 3.44. The molecule has 0 aliphatic heterocycles. The molecule has 19 heavy (non-hydrogen) atoms. The average Bonchev–Trinajstić information content (AvgIpc) is 2.83. The van der Waals surface area contributed by atoms with Crippen molar-refractivity contribution in [2.24, 2.45) is 7.05 Å². The first-order chi connectivity index (χ1) is 9.24. The van der Waals surface area contributed by atoms with Crippen LogP contribution in [-0.4, -0.2) is 16.1 Å². The standard InChI is InChI=1S/C16H23N3/c1-4-15(17-5-2)14-8-6-13(7-9-14)12-16-18-10-11-19(16)3/h6-11,15,17H,4-5,12H2,1-3H3. The van der Waals surface area contributed by atoms with Gasteiger partial charge in [-0.25, -0.2) is 4.98 Å². The Kier molecular flexibility index (Phi) is 4.74. The molecule has 0 aliphatic carbocycles. The number of hydrogen-bond acceptors (Lipinski definition) is 2. The first kappa shape index (κ1) is 13.8. The van der Waals surface area contributed by atoms with E-state index in [1.165, 1.54) is 11.1 Å². The van der Waals surface area contributed by atoms with E-state index >= 15 is 0 Å². The molecular weight excluding hydrogens is 234 g/mol. The number of rotatable bonds is 6. The predicted octanol–water partition coefficient (Wildman–Crippen LogP) is 3.07. The van der Waals surface area contributed by atoms with Gasteiger partial charge in [-0.3, -0.25) is 0 Å². The first-order valence-electron chi connectivity index (χ1n) is 7.03. The highest BCUT2D eigenvalue weighted by Gasteiger charge is 2.07. The number of benzene rings is 1. The topological polar surface area (TPSA) is 29.9 Å². The number of nitrogens with zero attached hydrogens (tertiary/aromatic N) is 2. The minimum absolute atomic E-state index is 0.465. The first-order valence-corrected chi connectivity index (χ1v) is 7.03. The predicted molar refractivity (Wildman–Crippen MR) is 79.2 cm³/mol. The molecule has 1 aromatic carbocycles. The van der Waals surface area contributed by atoms with Crippen LogP contribution in [0.4, 0.5) is 0 Å². The molecule has 0 saturated heterocycles. The molecule has 1 N–H and O–H groups in total. The lowest BCUT2D eigenvalue weighted by atomic mass is 10.0. The highest BCUT2D eigenvalue weighted by Crippen LogP contribution is 2.18. The molecule has 1 unspecified atom stereocenters. The zero-order valence-electron chi connectivity index (χ0n) is 12.1. The monoisotopic (exact) mass is 257 g/mol. The maximum atomic E-state index is 4.36. The van der Waals surface area contributed by atoms with E-state index in [4.69, 9.17) is 0 Å². The highest BCUT2D eigenvalue weighted by molar-refractivity contribution is 5.27. The Morgan fingerprint density at radius 3 is 2.47 bits per heavy atom. The van der Waals surface area contributed by atoms with Crippen LogP contribution in [0.3, 0.4) is 0 Å². The van der Waals surface area contributed by atoms with Gasteiger partial charge in [0, 0.05) is 31.9 Å². The molecule has 0 bridgehead atoms. The van der Waals surface area contributed by atoms with E-state index in [1.54, 1.807) is 0 Å². The lowest BCUT2D eigenvalue weighted by Crippen LogP contribution is -2.19. The lowest BCUT2D eigenvalue weighted by molar-refractivity contribution is 0.537. The van der Waals surface area contributed by atoms with Gasteiger partial charge in [0.05, 0.1) is 0 Å². The highest BCUT2D eigenvalue weighted by atomic mass is 15.0. The van der Waals surface area contributed by atoms with Gasteiger partial charge in [-0.05, 0) is 24.1 Å². The molecule has 0 fully saturated rings. The molecule has 1 heterocycles. The van der Waals surface area contributed by atoms with Crippen molar-refractivity contribution in [2.45, 2.75) is 32.7 Å². The second kappa shape index (κ2) is 6.53. The van der Waals surface area contributed by atoms with Crippen molar-refractivity contribution in [2.75, 3.05) is 6.54 Å².